The summed E-state index contributed by atoms with van der Waals surface area (Å²) in [6, 6.07) is 0. The summed E-state index contributed by atoms with van der Waals surface area (Å²) < 4.78 is 0. The SMILES string of the molecule is CCC1=CC(C)=CC1.[Cl][Ti][Cl]. The average Bonchev–Trinajstić information content (AvgIpc) is 2.37. The topological polar surface area (TPSA) is 0 Å². The van der Waals surface area contributed by atoms with E-state index in [2.05, 4.69) is 26.0 Å². The zero-order valence-electron chi connectivity index (χ0n) is 6.82. The molecule has 1 rings (SSSR count). The Hall–Kier alpha value is 0.774. The van der Waals surface area contributed by atoms with Gasteiger partial charge in [-0.3, -0.25) is 0 Å². The van der Waals surface area contributed by atoms with Crippen molar-refractivity contribution in [1.29, 1.82) is 0 Å². The van der Waals surface area contributed by atoms with Gasteiger partial charge in [0.1, 0.15) is 0 Å². The summed E-state index contributed by atoms with van der Waals surface area (Å²) >= 11 is -0.556. The van der Waals surface area contributed by atoms with Crippen LogP contribution in [0.1, 0.15) is 26.7 Å². The Kier molecular flexibility index (Phi) is 7.95. The van der Waals surface area contributed by atoms with Gasteiger partial charge in [0.15, 0.2) is 0 Å². The van der Waals surface area contributed by atoms with E-state index in [1.54, 1.807) is 5.57 Å². The molecule has 0 bridgehead atoms. The maximum atomic E-state index is 4.89. The van der Waals surface area contributed by atoms with E-state index in [9.17, 15) is 0 Å². The molecule has 0 aromatic heterocycles. The average molecular weight is 227 g/mol. The van der Waals surface area contributed by atoms with Crippen molar-refractivity contribution in [3.63, 3.8) is 0 Å². The molecule has 0 aromatic carbocycles. The molecule has 11 heavy (non-hydrogen) atoms. The van der Waals surface area contributed by atoms with Crippen LogP contribution in [0.15, 0.2) is 23.3 Å². The molecule has 0 heterocycles. The number of hydrogen-bond donors (Lipinski definition) is 0. The number of rotatable bonds is 1. The van der Waals surface area contributed by atoms with Gasteiger partial charge in [-0.2, -0.15) is 0 Å². The zero-order chi connectivity index (χ0) is 8.69. The molecule has 0 saturated carbocycles. The monoisotopic (exact) mass is 226 g/mol. The first-order valence-electron chi connectivity index (χ1n) is 3.57. The molecule has 0 fully saturated rings. The molecule has 1 aliphatic carbocycles. The maximum absolute atomic E-state index is 4.89. The Labute approximate surface area is 85.3 Å². The first-order chi connectivity index (χ1) is 5.24. The molecule has 0 radical (unpaired) electrons. The second-order valence-corrected chi connectivity index (χ2v) is 4.96. The molecule has 0 spiro atoms. The Bertz CT molecular complexity index is 161. The fraction of sp³-hybridized carbons (Fsp3) is 0.500. The van der Waals surface area contributed by atoms with Gasteiger partial charge >= 0.3 is 35.6 Å². The van der Waals surface area contributed by atoms with Crippen molar-refractivity contribution < 1.29 is 17.0 Å². The number of halogens is 2. The molecule has 62 valence electrons. The van der Waals surface area contributed by atoms with Crippen LogP contribution >= 0.6 is 18.6 Å². The van der Waals surface area contributed by atoms with Gasteiger partial charge in [-0.05, 0) is 19.8 Å². The van der Waals surface area contributed by atoms with Gasteiger partial charge in [0, 0.05) is 0 Å². The van der Waals surface area contributed by atoms with Crippen molar-refractivity contribution in [3.05, 3.63) is 23.3 Å². The van der Waals surface area contributed by atoms with Gasteiger partial charge in [0.2, 0.25) is 0 Å². The molecule has 3 heteroatoms. The summed E-state index contributed by atoms with van der Waals surface area (Å²) in [6.45, 7) is 4.36. The van der Waals surface area contributed by atoms with Crippen LogP contribution in [0.2, 0.25) is 0 Å². The van der Waals surface area contributed by atoms with Crippen LogP contribution in [-0.2, 0) is 17.0 Å². The van der Waals surface area contributed by atoms with E-state index in [-0.39, 0.29) is 0 Å². The minimum absolute atomic E-state index is 0.556. The molecule has 0 N–H and O–H groups in total. The van der Waals surface area contributed by atoms with Crippen molar-refractivity contribution in [2.45, 2.75) is 26.7 Å². The Morgan fingerprint density at radius 1 is 1.55 bits per heavy atom. The summed E-state index contributed by atoms with van der Waals surface area (Å²) in [5, 5.41) is 0. The summed E-state index contributed by atoms with van der Waals surface area (Å²) in [5.74, 6) is 0. The van der Waals surface area contributed by atoms with Crippen LogP contribution in [0.4, 0.5) is 0 Å². The van der Waals surface area contributed by atoms with E-state index < -0.39 is 17.0 Å². The molecular formula is C8H12Cl2Ti. The van der Waals surface area contributed by atoms with Crippen LogP contribution < -0.4 is 0 Å². The van der Waals surface area contributed by atoms with Crippen molar-refractivity contribution >= 4 is 18.6 Å². The van der Waals surface area contributed by atoms with Gasteiger partial charge < -0.3 is 0 Å². The molecule has 0 aliphatic heterocycles. The molecular weight excluding hydrogens is 215 g/mol. The normalized spacial score (nSPS) is 14.5. The van der Waals surface area contributed by atoms with E-state index in [0.717, 1.165) is 0 Å². The van der Waals surface area contributed by atoms with E-state index in [1.165, 1.54) is 18.4 Å². The molecule has 0 saturated heterocycles. The first kappa shape index (κ1) is 11.8. The van der Waals surface area contributed by atoms with Crippen LogP contribution in [0, 0.1) is 0 Å². The van der Waals surface area contributed by atoms with Crippen molar-refractivity contribution in [2.75, 3.05) is 0 Å². The molecule has 0 aromatic rings. The first-order valence-corrected chi connectivity index (χ1v) is 7.86. The van der Waals surface area contributed by atoms with Gasteiger partial charge in [-0.15, -0.1) is 0 Å². The third-order valence-electron chi connectivity index (χ3n) is 1.57. The molecule has 1 aliphatic rings. The predicted octanol–water partition coefficient (Wildman–Crippen LogP) is 4.05. The Morgan fingerprint density at radius 3 is 2.27 bits per heavy atom. The van der Waals surface area contributed by atoms with Crippen LogP contribution in [0.25, 0.3) is 0 Å². The molecule has 0 atom stereocenters. The fourth-order valence-corrected chi connectivity index (χ4v) is 0.978. The van der Waals surface area contributed by atoms with E-state index >= 15 is 0 Å². The van der Waals surface area contributed by atoms with Gasteiger partial charge in [-0.1, -0.05) is 30.2 Å². The molecule has 0 unspecified atom stereocenters. The van der Waals surface area contributed by atoms with E-state index in [1.807, 2.05) is 0 Å². The summed E-state index contributed by atoms with van der Waals surface area (Å²) in [6.07, 6.45) is 6.97. The zero-order valence-corrected chi connectivity index (χ0v) is 9.90. The summed E-state index contributed by atoms with van der Waals surface area (Å²) in [5.41, 5.74) is 3.00. The third kappa shape index (κ3) is 5.98. The van der Waals surface area contributed by atoms with Crippen LogP contribution in [0.5, 0.6) is 0 Å². The van der Waals surface area contributed by atoms with E-state index in [0.29, 0.717) is 0 Å². The predicted molar refractivity (Wildman–Crippen MR) is 48.5 cm³/mol. The second kappa shape index (κ2) is 7.42. The van der Waals surface area contributed by atoms with Gasteiger partial charge in [0.25, 0.3) is 0 Å². The summed E-state index contributed by atoms with van der Waals surface area (Å²) in [7, 11) is 9.78. The second-order valence-electron chi connectivity index (χ2n) is 2.38. The number of hydrogen-bond acceptors (Lipinski definition) is 0. The van der Waals surface area contributed by atoms with Gasteiger partial charge in [0.05, 0.1) is 0 Å². The van der Waals surface area contributed by atoms with Crippen LogP contribution in [-0.4, -0.2) is 0 Å². The fourth-order valence-electron chi connectivity index (χ4n) is 0.978. The van der Waals surface area contributed by atoms with Crippen molar-refractivity contribution in [1.82, 2.24) is 0 Å². The van der Waals surface area contributed by atoms with Crippen molar-refractivity contribution in [2.24, 2.45) is 0 Å². The Morgan fingerprint density at radius 2 is 2.09 bits per heavy atom. The minimum atomic E-state index is -0.556. The van der Waals surface area contributed by atoms with Crippen molar-refractivity contribution in [3.8, 4) is 0 Å². The third-order valence-corrected chi connectivity index (χ3v) is 1.57. The standard InChI is InChI=1S/C8H12.2ClH.Ti/c1-3-8-5-4-7(2)6-8;;;/h4,6H,3,5H2,1-2H3;2*1H;/q;;;+2/p-2. The number of allylic oxidation sites excluding steroid dienone is 4. The quantitative estimate of drug-likeness (QED) is 0.592. The Balaban J connectivity index is 0.000000292. The molecule has 0 amide bonds. The molecule has 0 nitrogen and oxygen atoms in total. The van der Waals surface area contributed by atoms with Crippen LogP contribution in [0.3, 0.4) is 0 Å². The van der Waals surface area contributed by atoms with E-state index in [4.69, 9.17) is 18.6 Å². The van der Waals surface area contributed by atoms with Gasteiger partial charge in [-0.25, -0.2) is 0 Å². The summed E-state index contributed by atoms with van der Waals surface area (Å²) in [4.78, 5) is 0.